The molecule has 0 aliphatic heterocycles. The van der Waals surface area contributed by atoms with Crippen LogP contribution in [0.1, 0.15) is 46.5 Å². The Morgan fingerprint density at radius 1 is 0.917 bits per heavy atom. The van der Waals surface area contributed by atoms with E-state index in [4.69, 9.17) is 0 Å². The third-order valence-electron chi connectivity index (χ3n) is 2.81. The van der Waals surface area contributed by atoms with Gasteiger partial charge in [-0.25, -0.2) is 0 Å². The molecule has 0 aromatic rings. The van der Waals surface area contributed by atoms with Crippen molar-refractivity contribution in [1.82, 2.24) is 0 Å². The Hall–Kier alpha value is 0.177. The highest BCUT2D eigenvalue weighted by atomic mass is 28.4. The first kappa shape index (κ1) is 12.2. The van der Waals surface area contributed by atoms with E-state index in [1.54, 1.807) is 0 Å². The summed E-state index contributed by atoms with van der Waals surface area (Å²) in [6.07, 6.45) is 5.18. The van der Waals surface area contributed by atoms with Gasteiger partial charge in [-0.15, -0.1) is 0 Å². The Labute approximate surface area is 78.3 Å². The van der Waals surface area contributed by atoms with Crippen LogP contribution in [0, 0.1) is 0 Å². The van der Waals surface area contributed by atoms with Crippen LogP contribution in [0.4, 0.5) is 0 Å². The summed E-state index contributed by atoms with van der Waals surface area (Å²) in [4.78, 5) is 10.1. The van der Waals surface area contributed by atoms with Gasteiger partial charge in [-0.3, -0.25) is 0 Å². The molecule has 0 aliphatic carbocycles. The van der Waals surface area contributed by atoms with Crippen LogP contribution in [-0.2, 0) is 0 Å². The largest absolute Gasteiger partial charge is 0.432 e. The number of rotatable bonds is 7. The molecule has 0 amide bonds. The Morgan fingerprint density at radius 2 is 1.50 bits per heavy atom. The molecule has 1 N–H and O–H groups in total. The lowest BCUT2D eigenvalue weighted by Crippen LogP contribution is -2.31. The van der Waals surface area contributed by atoms with E-state index in [1.807, 2.05) is 0 Å². The number of hydrogen-bond donors (Lipinski definition) is 1. The minimum absolute atomic E-state index is 1.04. The quantitative estimate of drug-likeness (QED) is 0.478. The third kappa shape index (κ3) is 4.94. The second-order valence-electron chi connectivity index (χ2n) is 3.74. The van der Waals surface area contributed by atoms with Gasteiger partial charge < -0.3 is 4.80 Å². The first-order chi connectivity index (χ1) is 5.68. The minimum atomic E-state index is -1.75. The maximum absolute atomic E-state index is 10.1. The standard InChI is InChI=1S/C10H24OSi/c1-4-7-8-9-10-12(11,5-2)6-3/h11H,4-10H2,1-3H3. The molecule has 12 heavy (non-hydrogen) atoms. The molecule has 0 aliphatic rings. The molecule has 0 heterocycles. The Bertz CT molecular complexity index is 100. The maximum Gasteiger partial charge on any atom is 0.188 e. The Morgan fingerprint density at radius 3 is 1.92 bits per heavy atom. The summed E-state index contributed by atoms with van der Waals surface area (Å²) in [6.45, 7) is 6.49. The van der Waals surface area contributed by atoms with Crippen LogP contribution in [0.25, 0.3) is 0 Å². The van der Waals surface area contributed by atoms with Crippen LogP contribution in [0.15, 0.2) is 0 Å². The zero-order valence-corrected chi connectivity index (χ0v) is 9.90. The minimum Gasteiger partial charge on any atom is -0.432 e. The number of unbranched alkanes of at least 4 members (excludes halogenated alkanes) is 3. The SMILES string of the molecule is CCCCCC[Si](O)(CC)CC. The van der Waals surface area contributed by atoms with Crippen molar-refractivity contribution < 1.29 is 4.80 Å². The normalized spacial score (nSPS) is 12.0. The van der Waals surface area contributed by atoms with Gasteiger partial charge in [0.05, 0.1) is 0 Å². The van der Waals surface area contributed by atoms with Crippen molar-refractivity contribution in [3.05, 3.63) is 0 Å². The third-order valence-corrected chi connectivity index (χ3v) is 6.73. The van der Waals surface area contributed by atoms with Gasteiger partial charge in [0.15, 0.2) is 8.32 Å². The van der Waals surface area contributed by atoms with Crippen molar-refractivity contribution in [2.24, 2.45) is 0 Å². The van der Waals surface area contributed by atoms with E-state index < -0.39 is 8.32 Å². The highest BCUT2D eigenvalue weighted by Crippen LogP contribution is 2.20. The van der Waals surface area contributed by atoms with Crippen LogP contribution in [0.2, 0.25) is 18.1 Å². The van der Waals surface area contributed by atoms with Gasteiger partial charge >= 0.3 is 0 Å². The molecule has 0 rings (SSSR count). The predicted octanol–water partition coefficient (Wildman–Crippen LogP) is 3.54. The van der Waals surface area contributed by atoms with Crippen molar-refractivity contribution in [2.75, 3.05) is 0 Å². The molecular formula is C10H24OSi. The molecule has 0 aromatic heterocycles. The zero-order chi connectivity index (χ0) is 9.45. The average Bonchev–Trinajstić information content (AvgIpc) is 2.12. The lowest BCUT2D eigenvalue weighted by molar-refractivity contribution is 0.519. The van der Waals surface area contributed by atoms with Crippen LogP contribution in [0.5, 0.6) is 0 Å². The highest BCUT2D eigenvalue weighted by molar-refractivity contribution is 6.72. The van der Waals surface area contributed by atoms with Gasteiger partial charge in [0.1, 0.15) is 0 Å². The summed E-state index contributed by atoms with van der Waals surface area (Å²) in [7, 11) is -1.75. The molecule has 0 spiro atoms. The molecule has 0 saturated heterocycles. The first-order valence-electron chi connectivity index (χ1n) is 5.41. The summed E-state index contributed by atoms with van der Waals surface area (Å²) in [5, 5.41) is 0. The van der Waals surface area contributed by atoms with E-state index in [1.165, 1.54) is 25.7 Å². The van der Waals surface area contributed by atoms with Crippen molar-refractivity contribution >= 4 is 8.32 Å². The van der Waals surface area contributed by atoms with E-state index in [0.29, 0.717) is 0 Å². The smallest absolute Gasteiger partial charge is 0.188 e. The fraction of sp³-hybridized carbons (Fsp3) is 1.00. The molecule has 0 radical (unpaired) electrons. The van der Waals surface area contributed by atoms with E-state index in [-0.39, 0.29) is 0 Å². The molecular weight excluding hydrogens is 164 g/mol. The average molecular weight is 188 g/mol. The molecule has 0 atom stereocenters. The van der Waals surface area contributed by atoms with Gasteiger partial charge in [-0.2, -0.15) is 0 Å². The molecule has 0 saturated carbocycles. The zero-order valence-electron chi connectivity index (χ0n) is 8.90. The second kappa shape index (κ2) is 6.67. The van der Waals surface area contributed by atoms with E-state index in [0.717, 1.165) is 18.1 Å². The molecule has 2 heteroatoms. The van der Waals surface area contributed by atoms with E-state index >= 15 is 0 Å². The van der Waals surface area contributed by atoms with E-state index in [9.17, 15) is 4.80 Å². The Balaban J connectivity index is 3.45. The fourth-order valence-corrected chi connectivity index (χ4v) is 3.60. The van der Waals surface area contributed by atoms with Crippen LogP contribution in [-0.4, -0.2) is 13.1 Å². The summed E-state index contributed by atoms with van der Waals surface area (Å²) in [6, 6.07) is 3.20. The van der Waals surface area contributed by atoms with Crippen LogP contribution < -0.4 is 0 Å². The summed E-state index contributed by atoms with van der Waals surface area (Å²) < 4.78 is 0. The molecule has 0 aromatic carbocycles. The van der Waals surface area contributed by atoms with Gasteiger partial charge in [-0.05, 0) is 18.1 Å². The van der Waals surface area contributed by atoms with Crippen molar-refractivity contribution in [2.45, 2.75) is 64.6 Å². The molecule has 74 valence electrons. The van der Waals surface area contributed by atoms with Crippen LogP contribution >= 0.6 is 0 Å². The summed E-state index contributed by atoms with van der Waals surface area (Å²) in [5.41, 5.74) is 0. The van der Waals surface area contributed by atoms with Crippen LogP contribution in [0.3, 0.4) is 0 Å². The lowest BCUT2D eigenvalue weighted by Gasteiger charge is -2.21. The lowest BCUT2D eigenvalue weighted by atomic mass is 10.2. The number of hydrogen-bond acceptors (Lipinski definition) is 1. The monoisotopic (exact) mass is 188 g/mol. The van der Waals surface area contributed by atoms with Gasteiger partial charge in [-0.1, -0.05) is 46.5 Å². The Kier molecular flexibility index (Phi) is 6.77. The molecule has 0 bridgehead atoms. The van der Waals surface area contributed by atoms with Crippen molar-refractivity contribution in [1.29, 1.82) is 0 Å². The van der Waals surface area contributed by atoms with Gasteiger partial charge in [0.2, 0.25) is 0 Å². The molecule has 1 nitrogen and oxygen atoms in total. The highest BCUT2D eigenvalue weighted by Gasteiger charge is 2.24. The molecule has 0 fully saturated rings. The first-order valence-corrected chi connectivity index (χ1v) is 7.97. The summed E-state index contributed by atoms with van der Waals surface area (Å²) >= 11 is 0. The van der Waals surface area contributed by atoms with Crippen molar-refractivity contribution in [3.63, 3.8) is 0 Å². The van der Waals surface area contributed by atoms with Gasteiger partial charge in [0.25, 0.3) is 0 Å². The van der Waals surface area contributed by atoms with Crippen molar-refractivity contribution in [3.8, 4) is 0 Å². The summed E-state index contributed by atoms with van der Waals surface area (Å²) in [5.74, 6) is 0. The maximum atomic E-state index is 10.1. The predicted molar refractivity (Wildman–Crippen MR) is 57.9 cm³/mol. The second-order valence-corrected chi connectivity index (χ2v) is 8.11. The molecule has 0 unspecified atom stereocenters. The van der Waals surface area contributed by atoms with Gasteiger partial charge in [0, 0.05) is 0 Å². The topological polar surface area (TPSA) is 20.2 Å². The van der Waals surface area contributed by atoms with E-state index in [2.05, 4.69) is 20.8 Å². The fourth-order valence-electron chi connectivity index (χ4n) is 1.48.